The van der Waals surface area contributed by atoms with Gasteiger partial charge in [-0.2, -0.15) is 4.98 Å². The number of carboxylic acid groups (broad SMARTS) is 1. The smallest absolute Gasteiger partial charge is 0.335 e. The molecule has 3 aromatic rings. The molecule has 2 aromatic heterocycles. The first-order chi connectivity index (χ1) is 12.4. The summed E-state index contributed by atoms with van der Waals surface area (Å²) in [5.41, 5.74) is 4.11. The van der Waals surface area contributed by atoms with Gasteiger partial charge in [-0.15, -0.1) is 0 Å². The molecule has 0 atom stereocenters. The number of aryl methyl sites for hydroxylation is 2. The third-order valence-corrected chi connectivity index (χ3v) is 3.85. The Bertz CT molecular complexity index is 899. The molecule has 7 nitrogen and oxygen atoms in total. The number of pyridine rings is 1. The van der Waals surface area contributed by atoms with Crippen LogP contribution in [0.5, 0.6) is 0 Å². The van der Waals surface area contributed by atoms with E-state index in [1.807, 2.05) is 24.9 Å². The maximum Gasteiger partial charge on any atom is 0.335 e. The standard InChI is InChI=1S/C19H20N4O3/c1-12-8-13(2)20-16(9-12)10-23(3)11-17-21-18(22-26-17)14-4-6-15(7-5-14)19(24)25/h4-9H,10-11H2,1-3H3,(H,24,25). The Labute approximate surface area is 151 Å². The van der Waals surface area contributed by atoms with Crippen molar-refractivity contribution in [3.05, 3.63) is 64.8 Å². The van der Waals surface area contributed by atoms with Gasteiger partial charge in [0.25, 0.3) is 0 Å². The molecule has 0 aliphatic heterocycles. The van der Waals surface area contributed by atoms with Crippen LogP contribution >= 0.6 is 0 Å². The van der Waals surface area contributed by atoms with Gasteiger partial charge >= 0.3 is 5.97 Å². The SMILES string of the molecule is Cc1cc(C)nc(CN(C)Cc2nc(-c3ccc(C(=O)O)cc3)no2)c1. The summed E-state index contributed by atoms with van der Waals surface area (Å²) in [7, 11) is 1.96. The summed E-state index contributed by atoms with van der Waals surface area (Å²) < 4.78 is 5.31. The summed E-state index contributed by atoms with van der Waals surface area (Å²) in [6, 6.07) is 10.5. The van der Waals surface area contributed by atoms with E-state index in [0.717, 1.165) is 11.4 Å². The van der Waals surface area contributed by atoms with Gasteiger partial charge in [0.1, 0.15) is 0 Å². The first kappa shape index (κ1) is 17.8. The number of aromatic nitrogens is 3. The number of nitrogens with zero attached hydrogens (tertiary/aromatic N) is 4. The van der Waals surface area contributed by atoms with Crippen LogP contribution in [0.2, 0.25) is 0 Å². The summed E-state index contributed by atoms with van der Waals surface area (Å²) in [6.45, 7) is 5.21. The molecule has 134 valence electrons. The van der Waals surface area contributed by atoms with Gasteiger partial charge in [-0.3, -0.25) is 9.88 Å². The predicted octanol–water partition coefficient (Wildman–Crippen LogP) is 3.08. The number of benzene rings is 1. The Morgan fingerprint density at radius 2 is 1.85 bits per heavy atom. The fourth-order valence-electron chi connectivity index (χ4n) is 2.77. The molecule has 0 fully saturated rings. The van der Waals surface area contributed by atoms with E-state index in [9.17, 15) is 4.79 Å². The highest BCUT2D eigenvalue weighted by atomic mass is 16.5. The van der Waals surface area contributed by atoms with Crippen LogP contribution in [0.15, 0.2) is 40.9 Å². The molecule has 0 amide bonds. The zero-order chi connectivity index (χ0) is 18.7. The molecule has 0 bridgehead atoms. The Morgan fingerprint density at radius 1 is 1.12 bits per heavy atom. The highest BCUT2D eigenvalue weighted by Crippen LogP contribution is 2.17. The van der Waals surface area contributed by atoms with E-state index in [0.29, 0.717) is 30.4 Å². The van der Waals surface area contributed by atoms with Crippen LogP contribution in [0.3, 0.4) is 0 Å². The van der Waals surface area contributed by atoms with Crippen LogP contribution in [-0.4, -0.2) is 38.1 Å². The molecule has 0 radical (unpaired) electrons. The minimum atomic E-state index is -0.966. The molecular weight excluding hydrogens is 332 g/mol. The average Bonchev–Trinajstić information content (AvgIpc) is 3.02. The number of aromatic carboxylic acids is 1. The first-order valence-electron chi connectivity index (χ1n) is 8.20. The minimum absolute atomic E-state index is 0.221. The van der Waals surface area contributed by atoms with Gasteiger partial charge in [0.15, 0.2) is 0 Å². The molecule has 26 heavy (non-hydrogen) atoms. The van der Waals surface area contributed by atoms with Gasteiger partial charge in [0, 0.05) is 17.8 Å². The second kappa shape index (κ2) is 7.45. The fourth-order valence-corrected chi connectivity index (χ4v) is 2.77. The van der Waals surface area contributed by atoms with Gasteiger partial charge in [-0.1, -0.05) is 17.3 Å². The third-order valence-electron chi connectivity index (χ3n) is 3.85. The van der Waals surface area contributed by atoms with Crippen LogP contribution in [0.1, 0.15) is 33.2 Å². The molecule has 3 rings (SSSR count). The number of carboxylic acids is 1. The second-order valence-corrected chi connectivity index (χ2v) is 6.34. The lowest BCUT2D eigenvalue weighted by molar-refractivity contribution is 0.0697. The lowest BCUT2D eigenvalue weighted by Gasteiger charge is -2.14. The lowest BCUT2D eigenvalue weighted by atomic mass is 10.1. The maximum atomic E-state index is 10.9. The van der Waals surface area contributed by atoms with Crippen LogP contribution < -0.4 is 0 Å². The van der Waals surface area contributed by atoms with Crippen LogP contribution in [-0.2, 0) is 13.1 Å². The quantitative estimate of drug-likeness (QED) is 0.729. The van der Waals surface area contributed by atoms with Crippen molar-refractivity contribution in [3.63, 3.8) is 0 Å². The van der Waals surface area contributed by atoms with Crippen LogP contribution in [0, 0.1) is 13.8 Å². The molecule has 1 aromatic carbocycles. The Kier molecular flexibility index (Phi) is 5.09. The molecular formula is C19H20N4O3. The number of rotatable bonds is 6. The molecule has 0 saturated carbocycles. The van der Waals surface area contributed by atoms with Crippen molar-refractivity contribution in [2.75, 3.05) is 7.05 Å². The summed E-state index contributed by atoms with van der Waals surface area (Å²) in [6.07, 6.45) is 0. The second-order valence-electron chi connectivity index (χ2n) is 6.34. The van der Waals surface area contributed by atoms with Gasteiger partial charge in [-0.25, -0.2) is 4.79 Å². The summed E-state index contributed by atoms with van der Waals surface area (Å²) >= 11 is 0. The minimum Gasteiger partial charge on any atom is -0.478 e. The highest BCUT2D eigenvalue weighted by molar-refractivity contribution is 5.88. The van der Waals surface area contributed by atoms with Crippen molar-refractivity contribution in [1.29, 1.82) is 0 Å². The van der Waals surface area contributed by atoms with Gasteiger partial charge in [0.2, 0.25) is 11.7 Å². The molecule has 1 N–H and O–H groups in total. The van der Waals surface area contributed by atoms with E-state index in [1.54, 1.807) is 12.1 Å². The molecule has 0 spiro atoms. The molecule has 7 heteroatoms. The van der Waals surface area contributed by atoms with E-state index in [4.69, 9.17) is 9.63 Å². The molecule has 0 aliphatic carbocycles. The maximum absolute atomic E-state index is 10.9. The van der Waals surface area contributed by atoms with Crippen molar-refractivity contribution < 1.29 is 14.4 Å². The zero-order valence-corrected chi connectivity index (χ0v) is 14.9. The summed E-state index contributed by atoms with van der Waals surface area (Å²) in [5.74, 6) is -0.0315. The van der Waals surface area contributed by atoms with Crippen LogP contribution in [0.4, 0.5) is 0 Å². The average molecular weight is 352 g/mol. The van der Waals surface area contributed by atoms with E-state index >= 15 is 0 Å². The van der Waals surface area contributed by atoms with Crippen LogP contribution in [0.25, 0.3) is 11.4 Å². The van der Waals surface area contributed by atoms with Gasteiger partial charge in [0.05, 0.1) is 17.8 Å². The summed E-state index contributed by atoms with van der Waals surface area (Å²) in [5, 5.41) is 12.9. The third kappa shape index (κ3) is 4.31. The topological polar surface area (TPSA) is 92.4 Å². The largest absolute Gasteiger partial charge is 0.478 e. The van der Waals surface area contributed by atoms with E-state index in [-0.39, 0.29) is 5.56 Å². The number of carbonyl (C=O) groups is 1. The molecule has 0 unspecified atom stereocenters. The first-order valence-corrected chi connectivity index (χ1v) is 8.20. The number of hydrogen-bond donors (Lipinski definition) is 1. The van der Waals surface area contributed by atoms with Crippen molar-refractivity contribution in [1.82, 2.24) is 20.0 Å². The Morgan fingerprint density at radius 3 is 2.50 bits per heavy atom. The Hall–Kier alpha value is -3.06. The lowest BCUT2D eigenvalue weighted by Crippen LogP contribution is -2.18. The van der Waals surface area contributed by atoms with Crippen molar-refractivity contribution in [2.24, 2.45) is 0 Å². The van der Waals surface area contributed by atoms with E-state index in [1.165, 1.54) is 17.7 Å². The van der Waals surface area contributed by atoms with Crippen molar-refractivity contribution in [2.45, 2.75) is 26.9 Å². The van der Waals surface area contributed by atoms with Gasteiger partial charge < -0.3 is 9.63 Å². The molecule has 0 aliphatic rings. The predicted molar refractivity (Wildman–Crippen MR) is 95.6 cm³/mol. The Balaban J connectivity index is 1.66. The fraction of sp³-hybridized carbons (Fsp3) is 0.263. The van der Waals surface area contributed by atoms with Crippen molar-refractivity contribution in [3.8, 4) is 11.4 Å². The zero-order valence-electron chi connectivity index (χ0n) is 14.9. The normalized spacial score (nSPS) is 11.1. The summed E-state index contributed by atoms with van der Waals surface area (Å²) in [4.78, 5) is 21.9. The van der Waals surface area contributed by atoms with Crippen molar-refractivity contribution >= 4 is 5.97 Å². The molecule has 2 heterocycles. The van der Waals surface area contributed by atoms with E-state index in [2.05, 4.69) is 28.1 Å². The number of hydrogen-bond acceptors (Lipinski definition) is 6. The molecule has 0 saturated heterocycles. The van der Waals surface area contributed by atoms with E-state index < -0.39 is 5.97 Å². The highest BCUT2D eigenvalue weighted by Gasteiger charge is 2.12. The van der Waals surface area contributed by atoms with Gasteiger partial charge in [-0.05, 0) is 50.7 Å². The monoisotopic (exact) mass is 352 g/mol.